The van der Waals surface area contributed by atoms with Crippen LogP contribution in [-0.4, -0.2) is 20.0 Å². The third-order valence-electron chi connectivity index (χ3n) is 4.48. The molecule has 2 aromatic heterocycles. The van der Waals surface area contributed by atoms with Gasteiger partial charge < -0.3 is 9.84 Å². The molecule has 0 radical (unpaired) electrons. The molecule has 8 heteroatoms. The Kier molecular flexibility index (Phi) is 4.98. The summed E-state index contributed by atoms with van der Waals surface area (Å²) in [4.78, 5) is 19.5. The van der Waals surface area contributed by atoms with Crippen LogP contribution in [0, 0.1) is 10.1 Å². The molecule has 29 heavy (non-hydrogen) atoms. The lowest BCUT2D eigenvalue weighted by atomic mass is 10.1. The Morgan fingerprint density at radius 1 is 1.03 bits per heavy atom. The lowest BCUT2D eigenvalue weighted by Gasteiger charge is -2.16. The van der Waals surface area contributed by atoms with Gasteiger partial charge >= 0.3 is 0 Å². The van der Waals surface area contributed by atoms with Gasteiger partial charge in [0.25, 0.3) is 11.6 Å². The number of hydrogen-bond acceptors (Lipinski definition) is 7. The summed E-state index contributed by atoms with van der Waals surface area (Å²) < 4.78 is 5.31. The SMILES string of the molecule is C[C@H](Nc1ccc(-c2nc(-c3ccncc3)no2)cc1[N+](=O)[O-])c1ccccc1. The van der Waals surface area contributed by atoms with E-state index in [2.05, 4.69) is 20.4 Å². The first-order valence-corrected chi connectivity index (χ1v) is 8.96. The van der Waals surface area contributed by atoms with Gasteiger partial charge in [-0.1, -0.05) is 35.5 Å². The van der Waals surface area contributed by atoms with Crippen LogP contribution in [0.3, 0.4) is 0 Å². The van der Waals surface area contributed by atoms with Crippen molar-refractivity contribution in [3.63, 3.8) is 0 Å². The number of pyridine rings is 1. The van der Waals surface area contributed by atoms with Crippen LogP contribution >= 0.6 is 0 Å². The Morgan fingerprint density at radius 3 is 2.52 bits per heavy atom. The minimum absolute atomic E-state index is 0.0612. The van der Waals surface area contributed by atoms with Gasteiger partial charge in [0.15, 0.2) is 0 Å². The number of nitrogens with one attached hydrogen (secondary N) is 1. The van der Waals surface area contributed by atoms with E-state index in [0.717, 1.165) is 11.1 Å². The van der Waals surface area contributed by atoms with Crippen LogP contribution in [0.15, 0.2) is 77.6 Å². The van der Waals surface area contributed by atoms with Gasteiger partial charge in [0.1, 0.15) is 5.69 Å². The minimum Gasteiger partial charge on any atom is -0.373 e. The molecule has 1 atom stereocenters. The lowest BCUT2D eigenvalue weighted by Crippen LogP contribution is -2.08. The van der Waals surface area contributed by atoms with Crippen LogP contribution in [0.2, 0.25) is 0 Å². The van der Waals surface area contributed by atoms with Gasteiger partial charge in [-0.15, -0.1) is 0 Å². The zero-order valence-corrected chi connectivity index (χ0v) is 15.5. The van der Waals surface area contributed by atoms with E-state index in [1.807, 2.05) is 37.3 Å². The summed E-state index contributed by atoms with van der Waals surface area (Å²) in [6.45, 7) is 1.95. The first-order valence-electron chi connectivity index (χ1n) is 8.96. The van der Waals surface area contributed by atoms with Gasteiger partial charge in [-0.2, -0.15) is 4.98 Å². The molecule has 144 valence electrons. The van der Waals surface area contributed by atoms with Crippen LogP contribution in [0.1, 0.15) is 18.5 Å². The maximum absolute atomic E-state index is 11.6. The van der Waals surface area contributed by atoms with Crippen molar-refractivity contribution < 1.29 is 9.45 Å². The summed E-state index contributed by atoms with van der Waals surface area (Å²) >= 11 is 0. The molecule has 8 nitrogen and oxygen atoms in total. The Labute approximate surface area is 166 Å². The highest BCUT2D eigenvalue weighted by Gasteiger charge is 2.20. The first kappa shape index (κ1) is 18.3. The van der Waals surface area contributed by atoms with Crippen LogP contribution in [0.5, 0.6) is 0 Å². The Balaban J connectivity index is 1.63. The van der Waals surface area contributed by atoms with Crippen LogP contribution in [-0.2, 0) is 0 Å². The predicted molar refractivity (Wildman–Crippen MR) is 108 cm³/mol. The smallest absolute Gasteiger partial charge is 0.293 e. The van der Waals surface area contributed by atoms with Crippen LogP contribution < -0.4 is 5.32 Å². The molecular formula is C21H17N5O3. The highest BCUT2D eigenvalue weighted by Crippen LogP contribution is 2.33. The highest BCUT2D eigenvalue weighted by molar-refractivity contribution is 5.71. The van der Waals surface area contributed by atoms with Crippen molar-refractivity contribution in [3.05, 3.63) is 88.7 Å². The Hall–Kier alpha value is -4.07. The van der Waals surface area contributed by atoms with E-state index in [1.54, 1.807) is 36.7 Å². The second-order valence-corrected chi connectivity index (χ2v) is 6.42. The average molecular weight is 387 g/mol. The average Bonchev–Trinajstić information content (AvgIpc) is 3.25. The van der Waals surface area contributed by atoms with Crippen molar-refractivity contribution in [3.8, 4) is 22.8 Å². The number of aromatic nitrogens is 3. The molecule has 0 aliphatic heterocycles. The van der Waals surface area contributed by atoms with Gasteiger partial charge in [0, 0.05) is 35.6 Å². The molecule has 4 aromatic rings. The lowest BCUT2D eigenvalue weighted by molar-refractivity contribution is -0.383. The van der Waals surface area contributed by atoms with Gasteiger partial charge in [0.05, 0.1) is 4.92 Å². The molecule has 1 N–H and O–H groups in total. The summed E-state index contributed by atoms with van der Waals surface area (Å²) in [5.74, 6) is 0.604. The largest absolute Gasteiger partial charge is 0.373 e. The van der Waals surface area contributed by atoms with Gasteiger partial charge in [-0.25, -0.2) is 0 Å². The fraction of sp³-hybridized carbons (Fsp3) is 0.0952. The quantitative estimate of drug-likeness (QED) is 0.371. The second-order valence-electron chi connectivity index (χ2n) is 6.42. The number of benzene rings is 2. The van der Waals surface area contributed by atoms with Crippen molar-refractivity contribution in [1.82, 2.24) is 15.1 Å². The molecule has 0 saturated heterocycles. The number of nitro groups is 1. The molecule has 4 rings (SSSR count). The number of nitrogens with zero attached hydrogens (tertiary/aromatic N) is 4. The van der Waals surface area contributed by atoms with Crippen molar-refractivity contribution in [2.45, 2.75) is 13.0 Å². The summed E-state index contributed by atoms with van der Waals surface area (Å²) in [5.41, 5.74) is 2.62. The summed E-state index contributed by atoms with van der Waals surface area (Å²) in [5, 5.41) is 18.8. The zero-order chi connectivity index (χ0) is 20.2. The summed E-state index contributed by atoms with van der Waals surface area (Å²) in [7, 11) is 0. The fourth-order valence-electron chi connectivity index (χ4n) is 2.96. The molecule has 0 aliphatic carbocycles. The maximum atomic E-state index is 11.6. The van der Waals surface area contributed by atoms with Crippen molar-refractivity contribution in [1.29, 1.82) is 0 Å². The van der Waals surface area contributed by atoms with E-state index in [0.29, 0.717) is 17.1 Å². The van der Waals surface area contributed by atoms with Gasteiger partial charge in [-0.05, 0) is 36.8 Å². The van der Waals surface area contributed by atoms with E-state index >= 15 is 0 Å². The highest BCUT2D eigenvalue weighted by atomic mass is 16.6. The Bertz CT molecular complexity index is 1130. The fourth-order valence-corrected chi connectivity index (χ4v) is 2.96. The summed E-state index contributed by atoms with van der Waals surface area (Å²) in [6, 6.07) is 18.0. The van der Waals surface area contributed by atoms with Gasteiger partial charge in [-0.3, -0.25) is 15.1 Å². The van der Waals surface area contributed by atoms with Crippen molar-refractivity contribution in [2.24, 2.45) is 0 Å². The summed E-state index contributed by atoms with van der Waals surface area (Å²) in [6.07, 6.45) is 3.26. The Morgan fingerprint density at radius 2 is 1.79 bits per heavy atom. The number of nitro benzene ring substituents is 1. The molecule has 0 bridgehead atoms. The number of rotatable bonds is 6. The molecule has 0 spiro atoms. The number of anilines is 1. The van der Waals surface area contributed by atoms with E-state index in [1.165, 1.54) is 6.07 Å². The van der Waals surface area contributed by atoms with Crippen LogP contribution in [0.25, 0.3) is 22.8 Å². The normalized spacial score (nSPS) is 11.8. The van der Waals surface area contributed by atoms with Crippen molar-refractivity contribution in [2.75, 3.05) is 5.32 Å². The van der Waals surface area contributed by atoms with E-state index in [4.69, 9.17) is 4.52 Å². The molecule has 0 unspecified atom stereocenters. The third-order valence-corrected chi connectivity index (χ3v) is 4.48. The molecule has 2 aromatic carbocycles. The molecule has 2 heterocycles. The number of hydrogen-bond donors (Lipinski definition) is 1. The first-order chi connectivity index (χ1) is 14.1. The zero-order valence-electron chi connectivity index (χ0n) is 15.5. The van der Waals surface area contributed by atoms with Gasteiger partial charge in [0.2, 0.25) is 5.82 Å². The molecule has 0 saturated carbocycles. The third kappa shape index (κ3) is 3.96. The standard InChI is InChI=1S/C21H17N5O3/c1-14(15-5-3-2-4-6-15)23-18-8-7-17(13-19(18)26(27)28)21-24-20(25-29-21)16-9-11-22-12-10-16/h2-14,23H,1H3/t14-/m0/s1. The topological polar surface area (TPSA) is 107 Å². The minimum atomic E-state index is -0.427. The van der Waals surface area contributed by atoms with E-state index < -0.39 is 4.92 Å². The van der Waals surface area contributed by atoms with Crippen molar-refractivity contribution >= 4 is 11.4 Å². The monoisotopic (exact) mass is 387 g/mol. The molecule has 0 fully saturated rings. The predicted octanol–water partition coefficient (Wildman–Crippen LogP) is 4.88. The van der Waals surface area contributed by atoms with Crippen LogP contribution in [0.4, 0.5) is 11.4 Å². The van der Waals surface area contributed by atoms with E-state index in [-0.39, 0.29) is 17.6 Å². The molecule has 0 aliphatic rings. The molecule has 0 amide bonds. The second kappa shape index (κ2) is 7.89. The maximum Gasteiger partial charge on any atom is 0.293 e. The molecular weight excluding hydrogens is 370 g/mol. The van der Waals surface area contributed by atoms with E-state index in [9.17, 15) is 10.1 Å².